The van der Waals surface area contributed by atoms with Gasteiger partial charge in [0.25, 0.3) is 0 Å². The van der Waals surface area contributed by atoms with Crippen LogP contribution in [0.5, 0.6) is 0 Å². The molecule has 0 spiro atoms. The molecule has 1 aliphatic rings. The van der Waals surface area contributed by atoms with Gasteiger partial charge in [-0.15, -0.1) is 0 Å². The first-order chi connectivity index (χ1) is 6.70. The summed E-state index contributed by atoms with van der Waals surface area (Å²) in [4.78, 5) is 11.6. The summed E-state index contributed by atoms with van der Waals surface area (Å²) in [5, 5.41) is 0.649. The Morgan fingerprint density at radius 1 is 1.43 bits per heavy atom. The van der Waals surface area contributed by atoms with Crippen molar-refractivity contribution >= 4 is 17.6 Å². The lowest BCUT2D eigenvalue weighted by molar-refractivity contribution is -0.143. The van der Waals surface area contributed by atoms with Crippen LogP contribution in [0.1, 0.15) is 18.4 Å². The van der Waals surface area contributed by atoms with Gasteiger partial charge in [0.2, 0.25) is 0 Å². The summed E-state index contributed by atoms with van der Waals surface area (Å²) in [7, 11) is 1.42. The predicted octanol–water partition coefficient (Wildman–Crippen LogP) is 2.54. The molecule has 1 aromatic rings. The molecule has 0 bridgehead atoms. The van der Waals surface area contributed by atoms with Gasteiger partial charge in [-0.1, -0.05) is 29.8 Å². The van der Waals surface area contributed by atoms with Crippen molar-refractivity contribution in [3.63, 3.8) is 0 Å². The molecule has 3 heteroatoms. The fourth-order valence-corrected chi connectivity index (χ4v) is 2.07. The van der Waals surface area contributed by atoms with E-state index in [1.54, 1.807) is 6.07 Å². The highest BCUT2D eigenvalue weighted by molar-refractivity contribution is 6.31. The Kier molecular flexibility index (Phi) is 2.23. The number of halogens is 1. The molecular weight excluding hydrogens is 200 g/mol. The molecule has 0 unspecified atom stereocenters. The Hall–Kier alpha value is -1.02. The Balaban J connectivity index is 2.40. The lowest BCUT2D eigenvalue weighted by Crippen LogP contribution is -2.22. The zero-order chi connectivity index (χ0) is 10.2. The van der Waals surface area contributed by atoms with E-state index in [0.717, 1.165) is 18.4 Å². The first-order valence-corrected chi connectivity index (χ1v) is 4.92. The van der Waals surface area contributed by atoms with Crippen LogP contribution >= 0.6 is 11.6 Å². The van der Waals surface area contributed by atoms with E-state index in [2.05, 4.69) is 0 Å². The van der Waals surface area contributed by atoms with Gasteiger partial charge in [-0.25, -0.2) is 0 Å². The van der Waals surface area contributed by atoms with Crippen LogP contribution < -0.4 is 0 Å². The summed E-state index contributed by atoms with van der Waals surface area (Å²) in [6.45, 7) is 0. The highest BCUT2D eigenvalue weighted by Crippen LogP contribution is 2.51. The maximum atomic E-state index is 11.6. The highest BCUT2D eigenvalue weighted by atomic mass is 35.5. The van der Waals surface area contributed by atoms with Gasteiger partial charge in [0.15, 0.2) is 0 Å². The monoisotopic (exact) mass is 210 g/mol. The van der Waals surface area contributed by atoms with E-state index in [1.165, 1.54) is 7.11 Å². The minimum Gasteiger partial charge on any atom is -0.468 e. The Labute approximate surface area is 87.8 Å². The number of rotatable bonds is 2. The van der Waals surface area contributed by atoms with Crippen molar-refractivity contribution in [3.8, 4) is 0 Å². The van der Waals surface area contributed by atoms with Crippen LogP contribution in [0.2, 0.25) is 5.02 Å². The quantitative estimate of drug-likeness (QED) is 0.702. The minimum absolute atomic E-state index is 0.175. The first-order valence-electron chi connectivity index (χ1n) is 4.54. The van der Waals surface area contributed by atoms with E-state index in [1.807, 2.05) is 18.2 Å². The molecule has 74 valence electrons. The third-order valence-electron chi connectivity index (χ3n) is 2.72. The van der Waals surface area contributed by atoms with Crippen LogP contribution in [0.25, 0.3) is 0 Å². The van der Waals surface area contributed by atoms with Gasteiger partial charge in [0.1, 0.15) is 0 Å². The highest BCUT2D eigenvalue weighted by Gasteiger charge is 2.53. The fraction of sp³-hybridized carbons (Fsp3) is 0.364. The standard InChI is InChI=1S/C11H11ClO2/c1-14-10(13)11(6-7-11)8-4-2-3-5-9(8)12/h2-5H,6-7H2,1H3. The number of benzene rings is 1. The molecule has 0 heterocycles. The summed E-state index contributed by atoms with van der Waals surface area (Å²) in [5.41, 5.74) is 0.445. The Morgan fingerprint density at radius 3 is 2.57 bits per heavy atom. The van der Waals surface area contributed by atoms with Crippen LogP contribution in [-0.4, -0.2) is 13.1 Å². The third kappa shape index (κ3) is 1.30. The molecule has 0 aromatic heterocycles. The molecule has 2 rings (SSSR count). The topological polar surface area (TPSA) is 26.3 Å². The van der Waals surface area contributed by atoms with Crippen LogP contribution in [0, 0.1) is 0 Å². The zero-order valence-corrected chi connectivity index (χ0v) is 8.67. The molecule has 0 saturated heterocycles. The number of esters is 1. The molecule has 0 amide bonds. The van der Waals surface area contributed by atoms with Crippen molar-refractivity contribution in [1.29, 1.82) is 0 Å². The number of hydrogen-bond donors (Lipinski definition) is 0. The second-order valence-electron chi connectivity index (χ2n) is 3.55. The fourth-order valence-electron chi connectivity index (χ4n) is 1.75. The third-order valence-corrected chi connectivity index (χ3v) is 3.05. The molecule has 1 saturated carbocycles. The van der Waals surface area contributed by atoms with Gasteiger partial charge < -0.3 is 4.74 Å². The molecule has 1 aliphatic carbocycles. The molecule has 0 atom stereocenters. The molecule has 1 aromatic carbocycles. The largest absolute Gasteiger partial charge is 0.468 e. The van der Waals surface area contributed by atoms with Gasteiger partial charge in [-0.2, -0.15) is 0 Å². The van der Waals surface area contributed by atoms with Crippen LogP contribution in [0.3, 0.4) is 0 Å². The summed E-state index contributed by atoms with van der Waals surface area (Å²) >= 11 is 6.04. The Bertz CT molecular complexity index is 369. The van der Waals surface area contributed by atoms with Crippen molar-refractivity contribution in [1.82, 2.24) is 0 Å². The van der Waals surface area contributed by atoms with Gasteiger partial charge in [-0.05, 0) is 24.5 Å². The van der Waals surface area contributed by atoms with Crippen molar-refractivity contribution in [2.45, 2.75) is 18.3 Å². The summed E-state index contributed by atoms with van der Waals surface area (Å²) in [6, 6.07) is 7.45. The molecule has 0 aliphatic heterocycles. The summed E-state index contributed by atoms with van der Waals surface area (Å²) in [6.07, 6.45) is 1.67. The van der Waals surface area contributed by atoms with E-state index in [4.69, 9.17) is 16.3 Å². The second-order valence-corrected chi connectivity index (χ2v) is 3.96. The maximum absolute atomic E-state index is 11.6. The van der Waals surface area contributed by atoms with Gasteiger partial charge in [0.05, 0.1) is 12.5 Å². The summed E-state index contributed by atoms with van der Waals surface area (Å²) in [5.74, 6) is -0.175. The average molecular weight is 211 g/mol. The maximum Gasteiger partial charge on any atom is 0.316 e. The molecular formula is C11H11ClO2. The molecule has 0 N–H and O–H groups in total. The van der Waals surface area contributed by atoms with E-state index < -0.39 is 5.41 Å². The Morgan fingerprint density at radius 2 is 2.07 bits per heavy atom. The SMILES string of the molecule is COC(=O)C1(c2ccccc2Cl)CC1. The normalized spacial score (nSPS) is 17.6. The number of ether oxygens (including phenoxy) is 1. The van der Waals surface area contributed by atoms with E-state index >= 15 is 0 Å². The number of methoxy groups -OCH3 is 1. The molecule has 0 radical (unpaired) electrons. The van der Waals surface area contributed by atoms with Gasteiger partial charge >= 0.3 is 5.97 Å². The van der Waals surface area contributed by atoms with Crippen molar-refractivity contribution in [2.75, 3.05) is 7.11 Å². The van der Waals surface area contributed by atoms with Gasteiger partial charge in [-0.3, -0.25) is 4.79 Å². The average Bonchev–Trinajstić information content (AvgIpc) is 2.98. The van der Waals surface area contributed by atoms with Crippen molar-refractivity contribution in [3.05, 3.63) is 34.9 Å². The molecule has 14 heavy (non-hydrogen) atoms. The van der Waals surface area contributed by atoms with Crippen molar-refractivity contribution < 1.29 is 9.53 Å². The van der Waals surface area contributed by atoms with E-state index in [9.17, 15) is 4.79 Å². The smallest absolute Gasteiger partial charge is 0.316 e. The molecule has 1 fully saturated rings. The molecule has 2 nitrogen and oxygen atoms in total. The van der Waals surface area contributed by atoms with Crippen LogP contribution in [0.4, 0.5) is 0 Å². The second kappa shape index (κ2) is 3.28. The lowest BCUT2D eigenvalue weighted by atomic mass is 9.96. The van der Waals surface area contributed by atoms with Crippen LogP contribution in [0.15, 0.2) is 24.3 Å². The predicted molar refractivity (Wildman–Crippen MR) is 54.4 cm³/mol. The summed E-state index contributed by atoms with van der Waals surface area (Å²) < 4.78 is 4.79. The minimum atomic E-state index is -0.451. The number of carbonyl (C=O) groups excluding carboxylic acids is 1. The van der Waals surface area contributed by atoms with Crippen LogP contribution in [-0.2, 0) is 14.9 Å². The first kappa shape index (κ1) is 9.53. The number of hydrogen-bond acceptors (Lipinski definition) is 2. The lowest BCUT2D eigenvalue weighted by Gasteiger charge is -2.13. The van der Waals surface area contributed by atoms with Crippen molar-refractivity contribution in [2.24, 2.45) is 0 Å². The zero-order valence-electron chi connectivity index (χ0n) is 7.92. The van der Waals surface area contributed by atoms with E-state index in [-0.39, 0.29) is 5.97 Å². The van der Waals surface area contributed by atoms with Gasteiger partial charge in [0, 0.05) is 5.02 Å². The van der Waals surface area contributed by atoms with E-state index in [0.29, 0.717) is 5.02 Å². The number of carbonyl (C=O) groups is 1.